The summed E-state index contributed by atoms with van der Waals surface area (Å²) in [5.74, 6) is 1.76. The van der Waals surface area contributed by atoms with Gasteiger partial charge in [-0.1, -0.05) is 12.8 Å². The molecule has 1 aliphatic carbocycles. The van der Waals surface area contributed by atoms with Gasteiger partial charge in [-0.05, 0) is 49.9 Å². The van der Waals surface area contributed by atoms with Crippen LogP contribution in [0.5, 0.6) is 5.75 Å². The molecule has 0 saturated heterocycles. The average Bonchev–Trinajstić information content (AvgIpc) is 2.83. The quantitative estimate of drug-likeness (QED) is 0.834. The third kappa shape index (κ3) is 2.69. The predicted octanol–water partition coefficient (Wildman–Crippen LogP) is 3.69. The molecule has 0 aliphatic heterocycles. The van der Waals surface area contributed by atoms with E-state index in [2.05, 4.69) is 24.4 Å². The minimum absolute atomic E-state index is 0.580. The first-order chi connectivity index (χ1) is 7.79. The minimum Gasteiger partial charge on any atom is -0.497 e. The van der Waals surface area contributed by atoms with Crippen LogP contribution in [0.25, 0.3) is 0 Å². The highest BCUT2D eigenvalue weighted by molar-refractivity contribution is 5.47. The zero-order valence-corrected chi connectivity index (χ0v) is 10.2. The summed E-state index contributed by atoms with van der Waals surface area (Å²) >= 11 is 0. The molecule has 1 aromatic rings. The molecule has 1 atom stereocenters. The minimum atomic E-state index is 0.580. The van der Waals surface area contributed by atoms with Crippen LogP contribution in [0, 0.1) is 5.92 Å². The molecule has 0 bridgehead atoms. The third-order valence-corrected chi connectivity index (χ3v) is 3.59. The molecule has 2 rings (SSSR count). The number of anilines is 1. The van der Waals surface area contributed by atoms with Crippen molar-refractivity contribution in [3.8, 4) is 5.75 Å². The number of rotatable bonds is 4. The normalized spacial score (nSPS) is 18.4. The Morgan fingerprint density at radius 2 is 1.81 bits per heavy atom. The SMILES string of the molecule is COc1ccc(NC(C)C2CCCC2)cc1. The lowest BCUT2D eigenvalue weighted by Gasteiger charge is -2.21. The van der Waals surface area contributed by atoms with Crippen LogP contribution in [-0.4, -0.2) is 13.2 Å². The van der Waals surface area contributed by atoms with Crippen molar-refractivity contribution >= 4 is 5.69 Å². The molecule has 16 heavy (non-hydrogen) atoms. The Bertz CT molecular complexity index is 314. The summed E-state index contributed by atoms with van der Waals surface area (Å²) in [6.07, 6.45) is 5.56. The van der Waals surface area contributed by atoms with Crippen LogP contribution in [-0.2, 0) is 0 Å². The molecule has 88 valence electrons. The molecular formula is C14H21NO. The van der Waals surface area contributed by atoms with E-state index in [1.165, 1.54) is 31.4 Å². The van der Waals surface area contributed by atoms with Gasteiger partial charge in [0.2, 0.25) is 0 Å². The summed E-state index contributed by atoms with van der Waals surface area (Å²) in [5, 5.41) is 3.58. The molecule has 1 aliphatic rings. The summed E-state index contributed by atoms with van der Waals surface area (Å²) in [4.78, 5) is 0. The van der Waals surface area contributed by atoms with Crippen LogP contribution < -0.4 is 10.1 Å². The molecule has 1 aromatic carbocycles. The second-order valence-corrected chi connectivity index (χ2v) is 4.71. The van der Waals surface area contributed by atoms with Crippen molar-refractivity contribution in [1.29, 1.82) is 0 Å². The lowest BCUT2D eigenvalue weighted by atomic mass is 9.99. The Morgan fingerprint density at radius 3 is 2.38 bits per heavy atom. The summed E-state index contributed by atoms with van der Waals surface area (Å²) in [6.45, 7) is 2.29. The first-order valence-corrected chi connectivity index (χ1v) is 6.20. The molecule has 1 fully saturated rings. The van der Waals surface area contributed by atoms with Crippen molar-refractivity contribution in [3.05, 3.63) is 24.3 Å². The van der Waals surface area contributed by atoms with Gasteiger partial charge in [0.25, 0.3) is 0 Å². The van der Waals surface area contributed by atoms with Gasteiger partial charge < -0.3 is 10.1 Å². The van der Waals surface area contributed by atoms with Crippen LogP contribution in [0.15, 0.2) is 24.3 Å². The van der Waals surface area contributed by atoms with Crippen LogP contribution in [0.4, 0.5) is 5.69 Å². The van der Waals surface area contributed by atoms with E-state index in [1.54, 1.807) is 7.11 Å². The smallest absolute Gasteiger partial charge is 0.119 e. The highest BCUT2D eigenvalue weighted by Crippen LogP contribution is 2.29. The van der Waals surface area contributed by atoms with E-state index in [9.17, 15) is 0 Å². The van der Waals surface area contributed by atoms with Gasteiger partial charge in [-0.3, -0.25) is 0 Å². The van der Waals surface area contributed by atoms with E-state index in [0.717, 1.165) is 11.7 Å². The predicted molar refractivity (Wildman–Crippen MR) is 68.0 cm³/mol. The van der Waals surface area contributed by atoms with Gasteiger partial charge in [0.1, 0.15) is 5.75 Å². The molecule has 1 N–H and O–H groups in total. The standard InChI is InChI=1S/C14H21NO/c1-11(12-5-3-4-6-12)15-13-7-9-14(16-2)10-8-13/h7-12,15H,3-6H2,1-2H3. The molecule has 2 heteroatoms. The molecule has 0 aromatic heterocycles. The third-order valence-electron chi connectivity index (χ3n) is 3.59. The van der Waals surface area contributed by atoms with E-state index < -0.39 is 0 Å². The number of hydrogen-bond acceptors (Lipinski definition) is 2. The number of ether oxygens (including phenoxy) is 1. The topological polar surface area (TPSA) is 21.3 Å². The molecular weight excluding hydrogens is 198 g/mol. The first kappa shape index (κ1) is 11.3. The maximum Gasteiger partial charge on any atom is 0.119 e. The second kappa shape index (κ2) is 5.24. The molecule has 1 unspecified atom stereocenters. The number of benzene rings is 1. The lowest BCUT2D eigenvalue weighted by Crippen LogP contribution is -2.23. The highest BCUT2D eigenvalue weighted by Gasteiger charge is 2.21. The van der Waals surface area contributed by atoms with E-state index in [0.29, 0.717) is 6.04 Å². The van der Waals surface area contributed by atoms with Gasteiger partial charge in [0.15, 0.2) is 0 Å². The number of hydrogen-bond donors (Lipinski definition) is 1. The molecule has 0 heterocycles. The summed E-state index contributed by atoms with van der Waals surface area (Å²) in [5.41, 5.74) is 1.19. The Morgan fingerprint density at radius 1 is 1.19 bits per heavy atom. The molecule has 2 nitrogen and oxygen atoms in total. The zero-order valence-electron chi connectivity index (χ0n) is 10.2. The second-order valence-electron chi connectivity index (χ2n) is 4.71. The molecule has 0 amide bonds. The largest absolute Gasteiger partial charge is 0.497 e. The van der Waals surface area contributed by atoms with E-state index in [4.69, 9.17) is 4.74 Å². The van der Waals surface area contributed by atoms with Crippen LogP contribution in [0.2, 0.25) is 0 Å². The fourth-order valence-electron chi connectivity index (χ4n) is 2.53. The molecule has 0 spiro atoms. The van der Waals surface area contributed by atoms with Crippen molar-refractivity contribution in [2.45, 2.75) is 38.6 Å². The highest BCUT2D eigenvalue weighted by atomic mass is 16.5. The maximum absolute atomic E-state index is 5.15. The van der Waals surface area contributed by atoms with Crippen LogP contribution in [0.3, 0.4) is 0 Å². The fraction of sp³-hybridized carbons (Fsp3) is 0.571. The van der Waals surface area contributed by atoms with Gasteiger partial charge in [-0.15, -0.1) is 0 Å². The van der Waals surface area contributed by atoms with Crippen molar-refractivity contribution in [3.63, 3.8) is 0 Å². The fourth-order valence-corrected chi connectivity index (χ4v) is 2.53. The Balaban J connectivity index is 1.92. The van der Waals surface area contributed by atoms with Crippen molar-refractivity contribution in [2.75, 3.05) is 12.4 Å². The van der Waals surface area contributed by atoms with Crippen LogP contribution in [0.1, 0.15) is 32.6 Å². The molecule has 0 radical (unpaired) electrons. The van der Waals surface area contributed by atoms with E-state index in [-0.39, 0.29) is 0 Å². The van der Waals surface area contributed by atoms with Gasteiger partial charge >= 0.3 is 0 Å². The monoisotopic (exact) mass is 219 g/mol. The first-order valence-electron chi connectivity index (χ1n) is 6.20. The van der Waals surface area contributed by atoms with Crippen molar-refractivity contribution in [1.82, 2.24) is 0 Å². The van der Waals surface area contributed by atoms with Crippen LogP contribution >= 0.6 is 0 Å². The maximum atomic E-state index is 5.15. The average molecular weight is 219 g/mol. The number of methoxy groups -OCH3 is 1. The Kier molecular flexibility index (Phi) is 3.70. The van der Waals surface area contributed by atoms with Crippen molar-refractivity contribution < 1.29 is 4.74 Å². The van der Waals surface area contributed by atoms with Gasteiger partial charge in [0, 0.05) is 11.7 Å². The van der Waals surface area contributed by atoms with E-state index >= 15 is 0 Å². The molecule has 1 saturated carbocycles. The van der Waals surface area contributed by atoms with Gasteiger partial charge in [-0.25, -0.2) is 0 Å². The van der Waals surface area contributed by atoms with Crippen molar-refractivity contribution in [2.24, 2.45) is 5.92 Å². The lowest BCUT2D eigenvalue weighted by molar-refractivity contribution is 0.415. The van der Waals surface area contributed by atoms with E-state index in [1.807, 2.05) is 12.1 Å². The summed E-state index contributed by atoms with van der Waals surface area (Å²) < 4.78 is 5.15. The zero-order chi connectivity index (χ0) is 11.4. The Labute approximate surface area is 98.0 Å². The summed E-state index contributed by atoms with van der Waals surface area (Å²) in [7, 11) is 1.70. The van der Waals surface area contributed by atoms with Gasteiger partial charge in [-0.2, -0.15) is 0 Å². The Hall–Kier alpha value is -1.18. The summed E-state index contributed by atoms with van der Waals surface area (Å²) in [6, 6.07) is 8.76. The number of nitrogens with one attached hydrogen (secondary N) is 1. The van der Waals surface area contributed by atoms with Gasteiger partial charge in [0.05, 0.1) is 7.11 Å².